The van der Waals surface area contributed by atoms with Crippen LogP contribution < -0.4 is 5.73 Å². The Morgan fingerprint density at radius 3 is 2.75 bits per heavy atom. The summed E-state index contributed by atoms with van der Waals surface area (Å²) in [4.78, 5) is 4.39. The Morgan fingerprint density at radius 2 is 2.06 bits per heavy atom. The van der Waals surface area contributed by atoms with Crippen molar-refractivity contribution in [3.8, 4) is 5.69 Å². The minimum Gasteiger partial charge on any atom is -0.326 e. The smallest absolute Gasteiger partial charge is 0.115 e. The monoisotopic (exact) mass is 215 g/mol. The van der Waals surface area contributed by atoms with E-state index in [0.717, 1.165) is 17.1 Å². The van der Waals surface area contributed by atoms with Gasteiger partial charge in [0.2, 0.25) is 0 Å². The van der Waals surface area contributed by atoms with Gasteiger partial charge >= 0.3 is 0 Å². The number of benzene rings is 1. The fourth-order valence-electron chi connectivity index (χ4n) is 1.86. The summed E-state index contributed by atoms with van der Waals surface area (Å²) in [6, 6.07) is 8.17. The Morgan fingerprint density at radius 1 is 1.31 bits per heavy atom. The third-order valence-electron chi connectivity index (χ3n) is 2.66. The van der Waals surface area contributed by atoms with Crippen molar-refractivity contribution in [1.82, 2.24) is 9.55 Å². The van der Waals surface area contributed by atoms with E-state index in [2.05, 4.69) is 35.5 Å². The van der Waals surface area contributed by atoms with Crippen molar-refractivity contribution in [3.63, 3.8) is 0 Å². The molecule has 0 atom stereocenters. The molecule has 0 unspecified atom stereocenters. The molecule has 1 aromatic carbocycles. The van der Waals surface area contributed by atoms with Crippen LogP contribution in [-0.2, 0) is 6.54 Å². The number of aromatic nitrogens is 2. The van der Waals surface area contributed by atoms with E-state index in [9.17, 15) is 0 Å². The van der Waals surface area contributed by atoms with E-state index in [1.807, 2.05) is 24.5 Å². The highest BCUT2D eigenvalue weighted by Crippen LogP contribution is 2.20. The van der Waals surface area contributed by atoms with Gasteiger partial charge in [-0.25, -0.2) is 4.98 Å². The number of nitrogens with two attached hydrogens (primary N) is 1. The average Bonchev–Trinajstić information content (AvgIpc) is 2.77. The number of para-hydroxylation sites is 1. The van der Waals surface area contributed by atoms with Gasteiger partial charge < -0.3 is 10.3 Å². The first kappa shape index (κ1) is 10.9. The zero-order valence-corrected chi connectivity index (χ0v) is 9.72. The zero-order valence-electron chi connectivity index (χ0n) is 9.72. The lowest BCUT2D eigenvalue weighted by molar-refractivity contribution is 0.748. The van der Waals surface area contributed by atoms with Crippen LogP contribution in [0.5, 0.6) is 0 Å². The van der Waals surface area contributed by atoms with Gasteiger partial charge in [0.15, 0.2) is 0 Å². The molecule has 0 saturated heterocycles. The van der Waals surface area contributed by atoms with Crippen LogP contribution in [0.1, 0.15) is 31.2 Å². The van der Waals surface area contributed by atoms with E-state index in [0.29, 0.717) is 12.5 Å². The summed E-state index contributed by atoms with van der Waals surface area (Å²) in [7, 11) is 0. The van der Waals surface area contributed by atoms with E-state index in [-0.39, 0.29) is 0 Å². The Hall–Kier alpha value is -1.61. The topological polar surface area (TPSA) is 43.8 Å². The summed E-state index contributed by atoms with van der Waals surface area (Å²) in [5.74, 6) is 1.47. The Labute approximate surface area is 95.9 Å². The zero-order chi connectivity index (χ0) is 11.5. The van der Waals surface area contributed by atoms with Gasteiger partial charge in [-0.1, -0.05) is 32.0 Å². The highest BCUT2D eigenvalue weighted by molar-refractivity contribution is 5.42. The first-order valence-corrected chi connectivity index (χ1v) is 5.55. The van der Waals surface area contributed by atoms with Gasteiger partial charge in [0.05, 0.1) is 5.69 Å². The molecule has 16 heavy (non-hydrogen) atoms. The second-order valence-corrected chi connectivity index (χ2v) is 4.14. The molecule has 3 nitrogen and oxygen atoms in total. The Bertz CT molecular complexity index is 472. The molecule has 2 rings (SSSR count). The molecule has 0 aliphatic heterocycles. The van der Waals surface area contributed by atoms with E-state index < -0.39 is 0 Å². The van der Waals surface area contributed by atoms with Crippen molar-refractivity contribution in [2.75, 3.05) is 0 Å². The summed E-state index contributed by atoms with van der Waals surface area (Å²) < 4.78 is 2.12. The molecule has 1 aromatic heterocycles. The number of hydrogen-bond acceptors (Lipinski definition) is 2. The minimum absolute atomic E-state index is 0.404. The van der Waals surface area contributed by atoms with Crippen LogP contribution in [0.4, 0.5) is 0 Å². The second kappa shape index (κ2) is 4.49. The number of nitrogens with zero attached hydrogens (tertiary/aromatic N) is 2. The molecule has 0 bridgehead atoms. The largest absolute Gasteiger partial charge is 0.326 e. The highest BCUT2D eigenvalue weighted by Gasteiger charge is 2.10. The van der Waals surface area contributed by atoms with E-state index in [1.165, 1.54) is 0 Å². The van der Waals surface area contributed by atoms with Crippen LogP contribution in [0.2, 0.25) is 0 Å². The van der Waals surface area contributed by atoms with Gasteiger partial charge in [0.1, 0.15) is 5.82 Å². The normalized spacial score (nSPS) is 11.0. The molecule has 2 N–H and O–H groups in total. The molecule has 0 aliphatic carbocycles. The van der Waals surface area contributed by atoms with Crippen LogP contribution in [-0.4, -0.2) is 9.55 Å². The molecule has 2 aromatic rings. The molecule has 84 valence electrons. The molecular weight excluding hydrogens is 198 g/mol. The number of imidazole rings is 1. The summed E-state index contributed by atoms with van der Waals surface area (Å²) in [6.07, 6.45) is 3.83. The molecule has 0 saturated carbocycles. The van der Waals surface area contributed by atoms with Gasteiger partial charge in [0.25, 0.3) is 0 Å². The highest BCUT2D eigenvalue weighted by atomic mass is 15.1. The van der Waals surface area contributed by atoms with Gasteiger partial charge in [-0.05, 0) is 11.6 Å². The van der Waals surface area contributed by atoms with E-state index in [1.54, 1.807) is 0 Å². The maximum Gasteiger partial charge on any atom is 0.115 e. The predicted octanol–water partition coefficient (Wildman–Crippen LogP) is 2.45. The maximum atomic E-state index is 5.75. The third kappa shape index (κ3) is 1.86. The fourth-order valence-corrected chi connectivity index (χ4v) is 1.86. The van der Waals surface area contributed by atoms with Gasteiger partial charge in [-0.2, -0.15) is 0 Å². The standard InChI is InChI=1S/C13H17N3/c1-10(2)13-15-7-8-16(13)12-6-4-3-5-11(12)9-14/h3-8,10H,9,14H2,1-2H3. The van der Waals surface area contributed by atoms with Crippen molar-refractivity contribution in [1.29, 1.82) is 0 Å². The average molecular weight is 215 g/mol. The molecule has 0 spiro atoms. The van der Waals surface area contributed by atoms with Crippen molar-refractivity contribution >= 4 is 0 Å². The van der Waals surface area contributed by atoms with Crippen molar-refractivity contribution in [2.24, 2.45) is 5.73 Å². The molecule has 0 amide bonds. The minimum atomic E-state index is 0.404. The summed E-state index contributed by atoms with van der Waals surface area (Å²) in [5, 5.41) is 0. The Kier molecular flexibility index (Phi) is 3.06. The first-order chi connectivity index (χ1) is 7.74. The molecule has 0 radical (unpaired) electrons. The van der Waals surface area contributed by atoms with Gasteiger partial charge in [-0.3, -0.25) is 0 Å². The molecule has 3 heteroatoms. The van der Waals surface area contributed by atoms with Crippen molar-refractivity contribution in [2.45, 2.75) is 26.3 Å². The molecule has 1 heterocycles. The quantitative estimate of drug-likeness (QED) is 0.854. The van der Waals surface area contributed by atoms with Crippen LogP contribution in [0.25, 0.3) is 5.69 Å². The maximum absolute atomic E-state index is 5.75. The SMILES string of the molecule is CC(C)c1nccn1-c1ccccc1CN. The van der Waals surface area contributed by atoms with Crippen LogP contribution in [0, 0.1) is 0 Å². The second-order valence-electron chi connectivity index (χ2n) is 4.14. The van der Waals surface area contributed by atoms with Gasteiger partial charge in [0, 0.05) is 24.9 Å². The summed E-state index contributed by atoms with van der Waals surface area (Å²) in [6.45, 7) is 4.83. The predicted molar refractivity (Wildman–Crippen MR) is 65.5 cm³/mol. The van der Waals surface area contributed by atoms with E-state index in [4.69, 9.17) is 5.73 Å². The lowest BCUT2D eigenvalue weighted by Gasteiger charge is -2.13. The molecular formula is C13H17N3. The van der Waals surface area contributed by atoms with Crippen LogP contribution in [0.3, 0.4) is 0 Å². The van der Waals surface area contributed by atoms with Crippen molar-refractivity contribution in [3.05, 3.63) is 48.0 Å². The third-order valence-corrected chi connectivity index (χ3v) is 2.66. The first-order valence-electron chi connectivity index (χ1n) is 5.55. The fraction of sp³-hybridized carbons (Fsp3) is 0.308. The lowest BCUT2D eigenvalue weighted by atomic mass is 10.1. The molecule has 0 fully saturated rings. The lowest BCUT2D eigenvalue weighted by Crippen LogP contribution is -2.07. The Balaban J connectivity index is 2.54. The van der Waals surface area contributed by atoms with Crippen LogP contribution >= 0.6 is 0 Å². The van der Waals surface area contributed by atoms with Crippen molar-refractivity contribution < 1.29 is 0 Å². The van der Waals surface area contributed by atoms with Gasteiger partial charge in [-0.15, -0.1) is 0 Å². The van der Waals surface area contributed by atoms with Crippen LogP contribution in [0.15, 0.2) is 36.7 Å². The summed E-state index contributed by atoms with van der Waals surface area (Å²) in [5.41, 5.74) is 8.02. The van der Waals surface area contributed by atoms with E-state index >= 15 is 0 Å². The number of hydrogen-bond donors (Lipinski definition) is 1. The number of rotatable bonds is 3. The molecule has 0 aliphatic rings. The summed E-state index contributed by atoms with van der Waals surface area (Å²) >= 11 is 0.